The zero-order valence-corrected chi connectivity index (χ0v) is 15.8. The highest BCUT2D eigenvalue weighted by atomic mass is 35.5. The number of ether oxygens (including phenoxy) is 2. The number of methoxy groups -OCH3 is 1. The average molecular weight is 388 g/mol. The molecular weight excluding hydrogens is 369 g/mol. The molecule has 134 valence electrons. The lowest BCUT2D eigenvalue weighted by atomic mass is 10.2. The summed E-state index contributed by atoms with van der Waals surface area (Å²) in [5.74, 6) is 1.14. The van der Waals surface area contributed by atoms with Gasteiger partial charge < -0.3 is 14.8 Å². The predicted octanol–water partition coefficient (Wildman–Crippen LogP) is 6.19. The second-order valence-electron chi connectivity index (χ2n) is 5.72. The first-order valence-electron chi connectivity index (χ1n) is 8.19. The van der Waals surface area contributed by atoms with E-state index in [2.05, 4.69) is 5.32 Å². The zero-order valence-electron chi connectivity index (χ0n) is 14.3. The van der Waals surface area contributed by atoms with Gasteiger partial charge in [-0.05, 0) is 35.4 Å². The molecule has 0 atom stereocenters. The largest absolute Gasteiger partial charge is 0.493 e. The third-order valence-electron chi connectivity index (χ3n) is 3.87. The van der Waals surface area contributed by atoms with Gasteiger partial charge in [-0.25, -0.2) is 0 Å². The maximum Gasteiger partial charge on any atom is 0.180 e. The van der Waals surface area contributed by atoms with Crippen molar-refractivity contribution in [2.45, 2.75) is 13.2 Å². The van der Waals surface area contributed by atoms with Crippen LogP contribution in [0.2, 0.25) is 10.0 Å². The standard InChI is InChI=1S/C21H19Cl2NO2/c1-25-20-12-16(13-24-19-10-6-5-9-17(19)22)11-18(23)21(20)26-14-15-7-3-2-4-8-15/h2-12,24H,13-14H2,1H3. The number of anilines is 1. The van der Waals surface area contributed by atoms with E-state index >= 15 is 0 Å². The Balaban J connectivity index is 1.73. The van der Waals surface area contributed by atoms with E-state index in [-0.39, 0.29) is 0 Å². The molecule has 5 heteroatoms. The molecule has 0 aliphatic rings. The molecule has 0 amide bonds. The molecule has 0 aliphatic carbocycles. The van der Waals surface area contributed by atoms with Gasteiger partial charge >= 0.3 is 0 Å². The third-order valence-corrected chi connectivity index (χ3v) is 4.48. The van der Waals surface area contributed by atoms with Crippen molar-refractivity contribution in [3.63, 3.8) is 0 Å². The number of benzene rings is 3. The van der Waals surface area contributed by atoms with Crippen molar-refractivity contribution in [3.8, 4) is 11.5 Å². The Morgan fingerprint density at radius 3 is 2.31 bits per heavy atom. The topological polar surface area (TPSA) is 30.5 Å². The van der Waals surface area contributed by atoms with Crippen molar-refractivity contribution in [1.82, 2.24) is 0 Å². The van der Waals surface area contributed by atoms with Crippen LogP contribution in [0.3, 0.4) is 0 Å². The maximum atomic E-state index is 6.43. The summed E-state index contributed by atoms with van der Waals surface area (Å²) in [6, 6.07) is 21.3. The average Bonchev–Trinajstić information content (AvgIpc) is 2.67. The van der Waals surface area contributed by atoms with E-state index in [9.17, 15) is 0 Å². The minimum Gasteiger partial charge on any atom is -0.493 e. The fourth-order valence-corrected chi connectivity index (χ4v) is 3.04. The van der Waals surface area contributed by atoms with E-state index in [1.54, 1.807) is 7.11 Å². The van der Waals surface area contributed by atoms with Gasteiger partial charge in [0.15, 0.2) is 11.5 Å². The van der Waals surface area contributed by atoms with Gasteiger partial charge in [0.25, 0.3) is 0 Å². The molecule has 3 aromatic rings. The van der Waals surface area contributed by atoms with E-state index in [4.69, 9.17) is 32.7 Å². The lowest BCUT2D eigenvalue weighted by Gasteiger charge is -2.15. The van der Waals surface area contributed by atoms with Crippen LogP contribution in [0.1, 0.15) is 11.1 Å². The molecule has 0 saturated heterocycles. The van der Waals surface area contributed by atoms with E-state index in [0.29, 0.717) is 34.7 Å². The molecule has 26 heavy (non-hydrogen) atoms. The molecule has 0 aromatic heterocycles. The molecule has 0 fully saturated rings. The third kappa shape index (κ3) is 4.63. The minimum atomic E-state index is 0.425. The number of hydrogen-bond acceptors (Lipinski definition) is 3. The molecule has 0 spiro atoms. The summed E-state index contributed by atoms with van der Waals surface area (Å²) in [6.07, 6.45) is 0. The van der Waals surface area contributed by atoms with Crippen molar-refractivity contribution in [2.75, 3.05) is 12.4 Å². The summed E-state index contributed by atoms with van der Waals surface area (Å²) in [5.41, 5.74) is 2.91. The highest BCUT2D eigenvalue weighted by Crippen LogP contribution is 2.37. The second-order valence-corrected chi connectivity index (χ2v) is 6.53. The van der Waals surface area contributed by atoms with E-state index in [0.717, 1.165) is 16.8 Å². The van der Waals surface area contributed by atoms with Crippen LogP contribution in [0, 0.1) is 0 Å². The monoisotopic (exact) mass is 387 g/mol. The van der Waals surface area contributed by atoms with Crippen LogP contribution in [0.15, 0.2) is 66.7 Å². The van der Waals surface area contributed by atoms with E-state index in [1.165, 1.54) is 0 Å². The highest BCUT2D eigenvalue weighted by Gasteiger charge is 2.12. The SMILES string of the molecule is COc1cc(CNc2ccccc2Cl)cc(Cl)c1OCc1ccccc1. The Labute approximate surface area is 163 Å². The summed E-state index contributed by atoms with van der Waals surface area (Å²) in [5, 5.41) is 4.48. The minimum absolute atomic E-state index is 0.425. The molecule has 0 unspecified atom stereocenters. The molecule has 3 rings (SSSR count). The summed E-state index contributed by atoms with van der Waals surface area (Å²) < 4.78 is 11.4. The normalized spacial score (nSPS) is 10.4. The smallest absolute Gasteiger partial charge is 0.180 e. The lowest BCUT2D eigenvalue weighted by Crippen LogP contribution is -2.03. The van der Waals surface area contributed by atoms with Gasteiger partial charge in [0.2, 0.25) is 0 Å². The quantitative estimate of drug-likeness (QED) is 0.523. The molecular formula is C21H19Cl2NO2. The van der Waals surface area contributed by atoms with Gasteiger partial charge in [0.05, 0.1) is 22.8 Å². The van der Waals surface area contributed by atoms with Crippen LogP contribution in [0.4, 0.5) is 5.69 Å². The maximum absolute atomic E-state index is 6.43. The first-order valence-corrected chi connectivity index (χ1v) is 8.94. The Bertz CT molecular complexity index is 869. The Hall–Kier alpha value is -2.36. The number of nitrogens with one attached hydrogen (secondary N) is 1. The molecule has 0 bridgehead atoms. The van der Waals surface area contributed by atoms with Crippen LogP contribution < -0.4 is 14.8 Å². The van der Waals surface area contributed by atoms with Crippen LogP contribution in [-0.2, 0) is 13.2 Å². The second kappa shape index (κ2) is 8.84. The van der Waals surface area contributed by atoms with E-state index in [1.807, 2.05) is 66.7 Å². The lowest BCUT2D eigenvalue weighted by molar-refractivity contribution is 0.284. The van der Waals surface area contributed by atoms with Crippen molar-refractivity contribution in [2.24, 2.45) is 0 Å². The van der Waals surface area contributed by atoms with E-state index < -0.39 is 0 Å². The molecule has 3 aromatic carbocycles. The van der Waals surface area contributed by atoms with Gasteiger partial charge in [0.1, 0.15) is 6.61 Å². The zero-order chi connectivity index (χ0) is 18.4. The Morgan fingerprint density at radius 2 is 1.58 bits per heavy atom. The molecule has 0 aliphatic heterocycles. The molecule has 0 radical (unpaired) electrons. The molecule has 3 nitrogen and oxygen atoms in total. The van der Waals surface area contributed by atoms with Crippen molar-refractivity contribution in [1.29, 1.82) is 0 Å². The first-order chi connectivity index (χ1) is 12.7. The van der Waals surface area contributed by atoms with Gasteiger partial charge in [0, 0.05) is 6.54 Å². The summed E-state index contributed by atoms with van der Waals surface area (Å²) in [4.78, 5) is 0. The summed E-state index contributed by atoms with van der Waals surface area (Å²) in [7, 11) is 1.60. The molecule has 1 N–H and O–H groups in total. The fourth-order valence-electron chi connectivity index (χ4n) is 2.55. The first kappa shape index (κ1) is 18.4. The predicted molar refractivity (Wildman–Crippen MR) is 108 cm³/mol. The Morgan fingerprint density at radius 1 is 0.846 bits per heavy atom. The molecule has 0 saturated carbocycles. The number of hydrogen-bond donors (Lipinski definition) is 1. The van der Waals surface area contributed by atoms with Gasteiger partial charge in [-0.3, -0.25) is 0 Å². The van der Waals surface area contributed by atoms with Crippen LogP contribution in [-0.4, -0.2) is 7.11 Å². The van der Waals surface area contributed by atoms with Gasteiger partial charge in [-0.15, -0.1) is 0 Å². The van der Waals surface area contributed by atoms with Crippen molar-refractivity contribution >= 4 is 28.9 Å². The number of halogens is 2. The Kier molecular flexibility index (Phi) is 6.26. The van der Waals surface area contributed by atoms with Crippen LogP contribution in [0.5, 0.6) is 11.5 Å². The highest BCUT2D eigenvalue weighted by molar-refractivity contribution is 6.33. The summed E-state index contributed by atoms with van der Waals surface area (Å²) in [6.45, 7) is 0.993. The van der Waals surface area contributed by atoms with Gasteiger partial charge in [-0.1, -0.05) is 65.7 Å². The van der Waals surface area contributed by atoms with Crippen molar-refractivity contribution < 1.29 is 9.47 Å². The van der Waals surface area contributed by atoms with Crippen LogP contribution in [0.25, 0.3) is 0 Å². The van der Waals surface area contributed by atoms with Crippen LogP contribution >= 0.6 is 23.2 Å². The summed E-state index contributed by atoms with van der Waals surface area (Å²) >= 11 is 12.6. The number of para-hydroxylation sites is 1. The number of rotatable bonds is 7. The van der Waals surface area contributed by atoms with Crippen molar-refractivity contribution in [3.05, 3.63) is 87.9 Å². The molecule has 0 heterocycles. The van der Waals surface area contributed by atoms with Gasteiger partial charge in [-0.2, -0.15) is 0 Å². The fraction of sp³-hybridized carbons (Fsp3) is 0.143.